The number of fused-ring (bicyclic) bond motifs is 1. The fourth-order valence-corrected chi connectivity index (χ4v) is 2.29. The predicted octanol–water partition coefficient (Wildman–Crippen LogP) is 1.64. The van der Waals surface area contributed by atoms with Gasteiger partial charge in [-0.05, 0) is 30.5 Å². The summed E-state index contributed by atoms with van der Waals surface area (Å²) in [5.74, 6) is 0.221. The number of ether oxygens (including phenoxy) is 1. The molecule has 0 fully saturated rings. The van der Waals surface area contributed by atoms with Crippen LogP contribution < -0.4 is 10.5 Å². The number of rotatable bonds is 4. The number of anilines is 1. The number of nitrogens with two attached hydrogens (primary N) is 1. The van der Waals surface area contributed by atoms with Crippen LogP contribution in [0.4, 0.5) is 5.69 Å². The molecule has 0 saturated carbocycles. The van der Waals surface area contributed by atoms with E-state index in [9.17, 15) is 13.2 Å². The highest BCUT2D eigenvalue weighted by Crippen LogP contribution is 2.31. The van der Waals surface area contributed by atoms with Crippen molar-refractivity contribution in [2.75, 3.05) is 12.3 Å². The number of carbonyl (C=O) groups is 1. The van der Waals surface area contributed by atoms with E-state index in [0.29, 0.717) is 22.2 Å². The van der Waals surface area contributed by atoms with Crippen LogP contribution in [0.25, 0.3) is 10.8 Å². The fraction of sp³-hybridized carbons (Fsp3) is 0.154. The Bertz CT molecular complexity index is 783. The molecular weight excluding hydrogens is 282 g/mol. The average Bonchev–Trinajstić information content (AvgIpc) is 2.36. The molecular formula is C13H13NO5S. The zero-order valence-corrected chi connectivity index (χ0v) is 11.5. The molecule has 0 unspecified atom stereocenters. The second-order valence-corrected chi connectivity index (χ2v) is 5.75. The van der Waals surface area contributed by atoms with Gasteiger partial charge in [0.15, 0.2) is 5.78 Å². The predicted molar refractivity (Wildman–Crippen MR) is 74.4 cm³/mol. The topological polar surface area (TPSA) is 107 Å². The van der Waals surface area contributed by atoms with Gasteiger partial charge in [-0.2, -0.15) is 8.42 Å². The third-order valence-electron chi connectivity index (χ3n) is 2.72. The number of benzene rings is 2. The van der Waals surface area contributed by atoms with E-state index in [2.05, 4.69) is 0 Å². The average molecular weight is 295 g/mol. The molecule has 0 aromatic heterocycles. The lowest BCUT2D eigenvalue weighted by molar-refractivity contribution is -0.118. The summed E-state index contributed by atoms with van der Waals surface area (Å²) in [5, 5.41) is 1.13. The van der Waals surface area contributed by atoms with Gasteiger partial charge in [-0.3, -0.25) is 9.35 Å². The third-order valence-corrected chi connectivity index (χ3v) is 3.57. The zero-order chi connectivity index (χ0) is 14.9. The highest BCUT2D eigenvalue weighted by molar-refractivity contribution is 7.85. The summed E-state index contributed by atoms with van der Waals surface area (Å²) < 4.78 is 36.4. The molecule has 0 radical (unpaired) electrons. The second-order valence-electron chi connectivity index (χ2n) is 4.33. The molecule has 0 aliphatic rings. The van der Waals surface area contributed by atoms with Crippen molar-refractivity contribution < 1.29 is 22.5 Å². The Morgan fingerprint density at radius 1 is 1.30 bits per heavy atom. The maximum Gasteiger partial charge on any atom is 0.294 e. The van der Waals surface area contributed by atoms with Gasteiger partial charge in [-0.1, -0.05) is 12.1 Å². The minimum absolute atomic E-state index is 0.0845. The van der Waals surface area contributed by atoms with Crippen LogP contribution >= 0.6 is 0 Å². The Morgan fingerprint density at radius 2 is 2.00 bits per heavy atom. The monoisotopic (exact) mass is 295 g/mol. The fourth-order valence-electron chi connectivity index (χ4n) is 1.78. The van der Waals surface area contributed by atoms with E-state index in [1.54, 1.807) is 12.1 Å². The number of nitrogen functional groups attached to an aromatic ring is 1. The maximum absolute atomic E-state index is 11.1. The van der Waals surface area contributed by atoms with Crippen LogP contribution in [0.5, 0.6) is 5.75 Å². The largest absolute Gasteiger partial charge is 0.484 e. The van der Waals surface area contributed by atoms with Gasteiger partial charge in [0.1, 0.15) is 12.4 Å². The van der Waals surface area contributed by atoms with Crippen LogP contribution in [0.15, 0.2) is 35.2 Å². The lowest BCUT2D eigenvalue weighted by Gasteiger charge is -2.10. The Morgan fingerprint density at radius 3 is 2.60 bits per heavy atom. The van der Waals surface area contributed by atoms with Crippen molar-refractivity contribution in [3.63, 3.8) is 0 Å². The summed E-state index contributed by atoms with van der Waals surface area (Å²) in [7, 11) is -4.26. The summed E-state index contributed by atoms with van der Waals surface area (Å²) in [6.07, 6.45) is 0. The van der Waals surface area contributed by atoms with Crippen LogP contribution in [-0.4, -0.2) is 25.4 Å². The third kappa shape index (κ3) is 2.89. The van der Waals surface area contributed by atoms with E-state index in [1.807, 2.05) is 0 Å². The first kappa shape index (κ1) is 14.3. The zero-order valence-electron chi connectivity index (χ0n) is 10.7. The molecule has 0 amide bonds. The van der Waals surface area contributed by atoms with E-state index in [-0.39, 0.29) is 17.3 Å². The Balaban J connectivity index is 2.50. The van der Waals surface area contributed by atoms with E-state index >= 15 is 0 Å². The second kappa shape index (κ2) is 5.10. The molecule has 0 aliphatic heterocycles. The summed E-state index contributed by atoms with van der Waals surface area (Å²) in [6.45, 7) is 1.31. The Kier molecular flexibility index (Phi) is 3.65. The molecule has 2 aromatic carbocycles. The van der Waals surface area contributed by atoms with Crippen molar-refractivity contribution in [3.05, 3.63) is 30.3 Å². The van der Waals surface area contributed by atoms with Crippen molar-refractivity contribution in [1.29, 1.82) is 0 Å². The van der Waals surface area contributed by atoms with Gasteiger partial charge in [0.2, 0.25) is 0 Å². The molecule has 106 valence electrons. The molecule has 0 aliphatic carbocycles. The molecule has 0 heterocycles. The lowest BCUT2D eigenvalue weighted by Crippen LogP contribution is -2.08. The molecule has 20 heavy (non-hydrogen) atoms. The molecule has 0 bridgehead atoms. The Labute approximate surface area is 115 Å². The first-order valence-electron chi connectivity index (χ1n) is 5.71. The van der Waals surface area contributed by atoms with Crippen LogP contribution in [0, 0.1) is 0 Å². The van der Waals surface area contributed by atoms with Gasteiger partial charge < -0.3 is 10.5 Å². The summed E-state index contributed by atoms with van der Waals surface area (Å²) in [4.78, 5) is 10.7. The van der Waals surface area contributed by atoms with Crippen molar-refractivity contribution in [1.82, 2.24) is 0 Å². The number of hydrogen-bond acceptors (Lipinski definition) is 5. The van der Waals surface area contributed by atoms with Gasteiger partial charge in [0.25, 0.3) is 10.1 Å². The van der Waals surface area contributed by atoms with Crippen LogP contribution in [0.2, 0.25) is 0 Å². The minimum atomic E-state index is -4.26. The van der Waals surface area contributed by atoms with Gasteiger partial charge in [0, 0.05) is 5.39 Å². The number of carbonyl (C=O) groups excluding carboxylic acids is 1. The molecule has 2 aromatic rings. The SMILES string of the molecule is CC(=O)COc1ccc2cc(S(=O)(=O)O)ccc2c1N. The van der Waals surface area contributed by atoms with E-state index in [0.717, 1.165) is 0 Å². The van der Waals surface area contributed by atoms with Crippen molar-refractivity contribution in [2.24, 2.45) is 0 Å². The number of ketones is 1. The first-order chi connectivity index (χ1) is 9.29. The quantitative estimate of drug-likeness (QED) is 0.656. The summed E-state index contributed by atoms with van der Waals surface area (Å²) in [5.41, 5.74) is 6.23. The summed E-state index contributed by atoms with van der Waals surface area (Å²) >= 11 is 0. The molecule has 0 atom stereocenters. The van der Waals surface area contributed by atoms with Crippen LogP contribution in [0.1, 0.15) is 6.92 Å². The normalized spacial score (nSPS) is 11.5. The van der Waals surface area contributed by atoms with Gasteiger partial charge in [-0.25, -0.2) is 0 Å². The number of Topliss-reactive ketones (excluding diaryl/α,β-unsaturated/α-hetero) is 1. The maximum atomic E-state index is 11.1. The number of hydrogen-bond donors (Lipinski definition) is 2. The molecule has 6 nitrogen and oxygen atoms in total. The minimum Gasteiger partial charge on any atom is -0.484 e. The van der Waals surface area contributed by atoms with E-state index in [1.165, 1.54) is 25.1 Å². The molecule has 2 rings (SSSR count). The molecule has 0 spiro atoms. The van der Waals surface area contributed by atoms with E-state index in [4.69, 9.17) is 15.0 Å². The van der Waals surface area contributed by atoms with Gasteiger partial charge in [-0.15, -0.1) is 0 Å². The molecule has 3 N–H and O–H groups in total. The molecule has 7 heteroatoms. The molecule has 0 saturated heterocycles. The first-order valence-corrected chi connectivity index (χ1v) is 7.15. The van der Waals surface area contributed by atoms with Crippen LogP contribution in [0.3, 0.4) is 0 Å². The van der Waals surface area contributed by atoms with Crippen LogP contribution in [-0.2, 0) is 14.9 Å². The lowest BCUT2D eigenvalue weighted by atomic mass is 10.1. The van der Waals surface area contributed by atoms with Crippen molar-refractivity contribution in [2.45, 2.75) is 11.8 Å². The highest BCUT2D eigenvalue weighted by Gasteiger charge is 2.12. The highest BCUT2D eigenvalue weighted by atomic mass is 32.2. The standard InChI is InChI=1S/C13H13NO5S/c1-8(15)7-19-12-5-2-9-6-10(20(16,17)18)3-4-11(9)13(12)14/h2-6H,7,14H2,1H3,(H,16,17,18). The Hall–Kier alpha value is -2.12. The van der Waals surface area contributed by atoms with E-state index < -0.39 is 10.1 Å². The smallest absolute Gasteiger partial charge is 0.294 e. The van der Waals surface area contributed by atoms with Gasteiger partial charge in [0.05, 0.1) is 10.6 Å². The van der Waals surface area contributed by atoms with Crippen molar-refractivity contribution >= 4 is 32.4 Å². The van der Waals surface area contributed by atoms with Crippen molar-refractivity contribution in [3.8, 4) is 5.75 Å². The van der Waals surface area contributed by atoms with Gasteiger partial charge >= 0.3 is 0 Å². The summed E-state index contributed by atoms with van der Waals surface area (Å²) in [6, 6.07) is 7.21.